The van der Waals surface area contributed by atoms with Gasteiger partial charge >= 0.3 is 0 Å². The lowest BCUT2D eigenvalue weighted by Crippen LogP contribution is -2.19. The smallest absolute Gasteiger partial charge is 0.275 e. The summed E-state index contributed by atoms with van der Waals surface area (Å²) in [7, 11) is 1.85. The van der Waals surface area contributed by atoms with Crippen molar-refractivity contribution in [2.45, 2.75) is 13.8 Å². The molecule has 0 saturated carbocycles. The van der Waals surface area contributed by atoms with Crippen molar-refractivity contribution in [3.05, 3.63) is 59.6 Å². The Labute approximate surface area is 139 Å². The third-order valence-electron chi connectivity index (χ3n) is 3.39. The molecule has 24 heavy (non-hydrogen) atoms. The van der Waals surface area contributed by atoms with E-state index in [1.165, 1.54) is 0 Å². The first-order valence-corrected chi connectivity index (χ1v) is 7.42. The second-order valence-electron chi connectivity index (χ2n) is 5.37. The van der Waals surface area contributed by atoms with E-state index in [1.807, 2.05) is 49.2 Å². The summed E-state index contributed by atoms with van der Waals surface area (Å²) in [6, 6.07) is 13.0. The maximum absolute atomic E-state index is 12.4. The van der Waals surface area contributed by atoms with E-state index in [2.05, 4.69) is 20.4 Å². The van der Waals surface area contributed by atoms with Gasteiger partial charge in [0.05, 0.1) is 0 Å². The van der Waals surface area contributed by atoms with E-state index in [9.17, 15) is 4.79 Å². The molecule has 2 aromatic heterocycles. The molecule has 0 fully saturated rings. The molecule has 0 saturated heterocycles. The van der Waals surface area contributed by atoms with Gasteiger partial charge in [-0.05, 0) is 32.0 Å². The lowest BCUT2D eigenvalue weighted by atomic mass is 10.3. The Hall–Kier alpha value is -3.22. The quantitative estimate of drug-likeness (QED) is 0.794. The number of nitrogens with one attached hydrogen (secondary N) is 1. The number of amides is 1. The highest BCUT2D eigenvalue weighted by molar-refractivity contribution is 6.02. The molecule has 0 radical (unpaired) electrons. The first kappa shape index (κ1) is 15.7. The molecule has 122 valence electrons. The minimum atomic E-state index is -0.364. The molecule has 0 atom stereocenters. The standard InChI is InChI=1S/C17H17N5O2/c1-11-9-14(16(23)20-15-10-12(2)24-21-15)19-17(18-11)22(3)13-7-5-4-6-8-13/h4-10H,1-3H3,(H,20,21,23). The molecule has 0 unspecified atom stereocenters. The number of carbonyl (C=O) groups excluding carboxylic acids is 1. The Balaban J connectivity index is 1.87. The number of hydrogen-bond donors (Lipinski definition) is 1. The molecule has 2 heterocycles. The molecule has 1 aromatic carbocycles. The lowest BCUT2D eigenvalue weighted by Gasteiger charge is -2.18. The molecule has 0 aliphatic carbocycles. The van der Waals surface area contributed by atoms with E-state index in [4.69, 9.17) is 4.52 Å². The Morgan fingerprint density at radius 2 is 1.88 bits per heavy atom. The lowest BCUT2D eigenvalue weighted by molar-refractivity contribution is 0.102. The van der Waals surface area contributed by atoms with Gasteiger partial charge in [-0.15, -0.1) is 0 Å². The Bertz CT molecular complexity index is 860. The number of anilines is 3. The molecule has 3 rings (SSSR count). The fourth-order valence-electron chi connectivity index (χ4n) is 2.19. The van der Waals surface area contributed by atoms with Crippen molar-refractivity contribution in [3.8, 4) is 0 Å². The summed E-state index contributed by atoms with van der Waals surface area (Å²) in [5, 5.41) is 6.41. The van der Waals surface area contributed by atoms with E-state index in [-0.39, 0.29) is 11.6 Å². The van der Waals surface area contributed by atoms with Crippen molar-refractivity contribution in [1.82, 2.24) is 15.1 Å². The summed E-state index contributed by atoms with van der Waals surface area (Å²) in [6.07, 6.45) is 0. The Morgan fingerprint density at radius 3 is 2.54 bits per heavy atom. The van der Waals surface area contributed by atoms with Gasteiger partial charge in [0.1, 0.15) is 11.5 Å². The predicted octanol–water partition coefficient (Wildman–Crippen LogP) is 3.10. The molecule has 0 aliphatic heterocycles. The highest BCUT2D eigenvalue weighted by Gasteiger charge is 2.15. The van der Waals surface area contributed by atoms with Crippen molar-refractivity contribution in [1.29, 1.82) is 0 Å². The van der Waals surface area contributed by atoms with Crippen LogP contribution in [0, 0.1) is 13.8 Å². The molecule has 0 aliphatic rings. The molecule has 0 bridgehead atoms. The van der Waals surface area contributed by atoms with E-state index >= 15 is 0 Å². The van der Waals surface area contributed by atoms with Crippen LogP contribution in [0.5, 0.6) is 0 Å². The molecule has 1 amide bonds. The van der Waals surface area contributed by atoms with Crippen LogP contribution < -0.4 is 10.2 Å². The summed E-state index contributed by atoms with van der Waals surface area (Å²) in [5.74, 6) is 1.06. The zero-order valence-electron chi connectivity index (χ0n) is 13.6. The Morgan fingerprint density at radius 1 is 1.12 bits per heavy atom. The van der Waals surface area contributed by atoms with Gasteiger partial charge in [0.25, 0.3) is 5.91 Å². The van der Waals surface area contributed by atoms with Crippen LogP contribution in [-0.4, -0.2) is 28.1 Å². The van der Waals surface area contributed by atoms with Crippen LogP contribution in [0.25, 0.3) is 0 Å². The number of aryl methyl sites for hydroxylation is 2. The number of hydrogen-bond acceptors (Lipinski definition) is 6. The van der Waals surface area contributed by atoms with Gasteiger partial charge < -0.3 is 14.7 Å². The van der Waals surface area contributed by atoms with Gasteiger partial charge in [-0.2, -0.15) is 0 Å². The maximum Gasteiger partial charge on any atom is 0.275 e. The van der Waals surface area contributed by atoms with Crippen molar-refractivity contribution < 1.29 is 9.32 Å². The van der Waals surface area contributed by atoms with Crippen molar-refractivity contribution >= 4 is 23.4 Å². The summed E-state index contributed by atoms with van der Waals surface area (Å²) >= 11 is 0. The number of aromatic nitrogens is 3. The minimum Gasteiger partial charge on any atom is -0.360 e. The highest BCUT2D eigenvalue weighted by Crippen LogP contribution is 2.20. The van der Waals surface area contributed by atoms with Gasteiger partial charge in [0.15, 0.2) is 5.82 Å². The minimum absolute atomic E-state index is 0.265. The van der Waals surface area contributed by atoms with Crippen LogP contribution in [0.4, 0.5) is 17.5 Å². The molecular formula is C17H17N5O2. The molecule has 1 N–H and O–H groups in total. The van der Waals surface area contributed by atoms with Crippen LogP contribution in [0.15, 0.2) is 47.0 Å². The fraction of sp³-hybridized carbons (Fsp3) is 0.176. The summed E-state index contributed by atoms with van der Waals surface area (Å²) in [6.45, 7) is 3.57. The zero-order valence-corrected chi connectivity index (χ0v) is 13.6. The van der Waals surface area contributed by atoms with Crippen LogP contribution in [0.2, 0.25) is 0 Å². The normalized spacial score (nSPS) is 10.5. The van der Waals surface area contributed by atoms with Gasteiger partial charge in [-0.25, -0.2) is 9.97 Å². The molecule has 3 aromatic rings. The average molecular weight is 323 g/mol. The SMILES string of the molecule is Cc1cc(C(=O)Nc2cc(C)on2)nc(N(C)c2ccccc2)n1. The largest absolute Gasteiger partial charge is 0.360 e. The van der Waals surface area contributed by atoms with E-state index in [0.29, 0.717) is 23.2 Å². The van der Waals surface area contributed by atoms with Gasteiger partial charge in [0.2, 0.25) is 5.95 Å². The van der Waals surface area contributed by atoms with Crippen molar-refractivity contribution in [2.75, 3.05) is 17.3 Å². The molecule has 7 heteroatoms. The topological polar surface area (TPSA) is 84.2 Å². The van der Waals surface area contributed by atoms with Crippen molar-refractivity contribution in [2.24, 2.45) is 0 Å². The van der Waals surface area contributed by atoms with Gasteiger partial charge in [0, 0.05) is 24.5 Å². The number of nitrogens with zero attached hydrogens (tertiary/aromatic N) is 4. The number of rotatable bonds is 4. The van der Waals surface area contributed by atoms with Crippen LogP contribution in [0.3, 0.4) is 0 Å². The maximum atomic E-state index is 12.4. The number of para-hydroxylation sites is 1. The van der Waals surface area contributed by atoms with Gasteiger partial charge in [-0.3, -0.25) is 4.79 Å². The molecule has 0 spiro atoms. The van der Waals surface area contributed by atoms with Crippen LogP contribution in [0.1, 0.15) is 21.9 Å². The predicted molar refractivity (Wildman–Crippen MR) is 90.5 cm³/mol. The first-order chi connectivity index (χ1) is 11.5. The summed E-state index contributed by atoms with van der Waals surface area (Å²) in [4.78, 5) is 23.0. The average Bonchev–Trinajstić information content (AvgIpc) is 2.99. The van der Waals surface area contributed by atoms with E-state index < -0.39 is 0 Å². The number of carbonyl (C=O) groups is 1. The second-order valence-corrected chi connectivity index (χ2v) is 5.37. The van der Waals surface area contributed by atoms with E-state index in [1.54, 1.807) is 19.1 Å². The summed E-state index contributed by atoms with van der Waals surface area (Å²) in [5.41, 5.74) is 1.90. The fourth-order valence-corrected chi connectivity index (χ4v) is 2.19. The molecular weight excluding hydrogens is 306 g/mol. The van der Waals surface area contributed by atoms with E-state index in [0.717, 1.165) is 5.69 Å². The van der Waals surface area contributed by atoms with Crippen LogP contribution in [-0.2, 0) is 0 Å². The second kappa shape index (κ2) is 6.49. The number of benzene rings is 1. The van der Waals surface area contributed by atoms with Crippen molar-refractivity contribution in [3.63, 3.8) is 0 Å². The molecule has 7 nitrogen and oxygen atoms in total. The van der Waals surface area contributed by atoms with Crippen LogP contribution >= 0.6 is 0 Å². The highest BCUT2D eigenvalue weighted by atomic mass is 16.5. The monoisotopic (exact) mass is 323 g/mol. The summed E-state index contributed by atoms with van der Waals surface area (Å²) < 4.78 is 4.94. The third kappa shape index (κ3) is 3.40. The van der Waals surface area contributed by atoms with Gasteiger partial charge in [-0.1, -0.05) is 23.4 Å². The Kier molecular flexibility index (Phi) is 4.24. The zero-order chi connectivity index (χ0) is 17.1. The third-order valence-corrected chi connectivity index (χ3v) is 3.39. The first-order valence-electron chi connectivity index (χ1n) is 7.42.